The zero-order valence-electron chi connectivity index (χ0n) is 24.3. The molecule has 2 aliphatic heterocycles. The Balaban J connectivity index is 0.00000442. The third kappa shape index (κ3) is 7.43. The summed E-state index contributed by atoms with van der Waals surface area (Å²) in [7, 11) is -3.92. The molecular weight excluding hydrogens is 629 g/mol. The largest absolute Gasteiger partial charge is 0.464 e. The third-order valence-corrected chi connectivity index (χ3v) is 10.2. The summed E-state index contributed by atoms with van der Waals surface area (Å²) in [4.78, 5) is 46.1. The molecule has 0 aliphatic carbocycles. The molecule has 0 bridgehead atoms. The monoisotopic (exact) mass is 663 g/mol. The molecule has 3 aromatic rings. The van der Waals surface area contributed by atoms with Crippen LogP contribution in [0.15, 0.2) is 65.8 Å². The number of nitrogens with zero attached hydrogens (tertiary/aromatic N) is 4. The number of esters is 1. The molecule has 2 fully saturated rings. The molecule has 44 heavy (non-hydrogen) atoms. The summed E-state index contributed by atoms with van der Waals surface area (Å²) in [6.07, 6.45) is 4.42. The molecule has 1 N–H and O–H groups in total. The molecule has 0 radical (unpaired) electrons. The number of hydrogen-bond donors (Lipinski definition) is 1. The van der Waals surface area contributed by atoms with Gasteiger partial charge in [0.15, 0.2) is 0 Å². The maximum atomic E-state index is 13.6. The van der Waals surface area contributed by atoms with Crippen molar-refractivity contribution in [2.75, 3.05) is 57.3 Å². The lowest BCUT2D eigenvalue weighted by Crippen LogP contribution is -2.59. The van der Waals surface area contributed by atoms with Crippen LogP contribution in [0.25, 0.3) is 10.8 Å². The zero-order chi connectivity index (χ0) is 30.6. The number of benzene rings is 2. The minimum Gasteiger partial charge on any atom is -0.464 e. The van der Waals surface area contributed by atoms with E-state index in [0.717, 1.165) is 16.5 Å². The number of piperidine rings is 1. The van der Waals surface area contributed by atoms with Crippen LogP contribution in [0.1, 0.15) is 19.8 Å². The Kier molecular flexibility index (Phi) is 10.7. The lowest BCUT2D eigenvalue weighted by Gasteiger charge is -2.45. The number of piperazine rings is 1. The quantitative estimate of drug-likeness (QED) is 0.273. The van der Waals surface area contributed by atoms with Crippen molar-refractivity contribution in [3.05, 3.63) is 65.9 Å². The molecule has 2 aliphatic rings. The van der Waals surface area contributed by atoms with Crippen molar-refractivity contribution in [1.82, 2.24) is 19.5 Å². The van der Waals surface area contributed by atoms with Crippen LogP contribution in [0.5, 0.6) is 0 Å². The van der Waals surface area contributed by atoms with Crippen LogP contribution >= 0.6 is 24.0 Å². The van der Waals surface area contributed by atoms with Crippen molar-refractivity contribution in [2.45, 2.75) is 24.7 Å². The minimum atomic E-state index is -3.92. The number of pyridine rings is 1. The molecule has 5 rings (SSSR count). The first kappa shape index (κ1) is 33.4. The highest BCUT2D eigenvalue weighted by atomic mass is 35.5. The van der Waals surface area contributed by atoms with Crippen LogP contribution in [-0.4, -0.2) is 92.8 Å². The van der Waals surface area contributed by atoms with Crippen molar-refractivity contribution in [3.63, 3.8) is 0 Å². The fraction of sp³-hybridized carbons (Fsp3) is 0.400. The number of aromatic nitrogens is 1. The van der Waals surface area contributed by atoms with Crippen molar-refractivity contribution in [3.8, 4) is 0 Å². The number of nitrogens with one attached hydrogen (secondary N) is 1. The molecule has 0 unspecified atom stereocenters. The number of anilines is 1. The van der Waals surface area contributed by atoms with Gasteiger partial charge in [0.2, 0.25) is 21.8 Å². The molecule has 0 atom stereocenters. The van der Waals surface area contributed by atoms with Gasteiger partial charge in [-0.1, -0.05) is 23.7 Å². The second-order valence-electron chi connectivity index (χ2n) is 10.9. The number of ether oxygens (including phenoxy) is 1. The van der Waals surface area contributed by atoms with Gasteiger partial charge in [-0.3, -0.25) is 19.4 Å². The lowest BCUT2D eigenvalue weighted by atomic mass is 9.76. The van der Waals surface area contributed by atoms with Crippen LogP contribution in [0.3, 0.4) is 0 Å². The Labute approximate surface area is 267 Å². The Hall–Kier alpha value is -3.45. The van der Waals surface area contributed by atoms with Gasteiger partial charge >= 0.3 is 5.97 Å². The van der Waals surface area contributed by atoms with Gasteiger partial charge < -0.3 is 19.9 Å². The van der Waals surface area contributed by atoms with Crippen molar-refractivity contribution in [1.29, 1.82) is 0 Å². The number of sulfonamides is 1. The van der Waals surface area contributed by atoms with Crippen molar-refractivity contribution in [2.24, 2.45) is 5.41 Å². The van der Waals surface area contributed by atoms with Crippen molar-refractivity contribution >= 4 is 68.3 Å². The standard InChI is InChI=1S/C30H34ClN5O6S.ClH/c1-22(37)42-17-12-33-29(39)30(8-13-34(14-9-30)26-6-10-32-11-7-26)21-35-15-16-36(20-28(35)38)43(40,41)27-5-3-23-18-25(31)4-2-24(23)19-27;/h2-7,10-11,18-19H,8-9,12-17,20-21H2,1H3,(H,33,39);1H. The van der Waals surface area contributed by atoms with Gasteiger partial charge in [0.25, 0.3) is 0 Å². The van der Waals surface area contributed by atoms with Crippen LogP contribution in [0, 0.1) is 5.41 Å². The van der Waals surface area contributed by atoms with E-state index in [0.29, 0.717) is 31.0 Å². The van der Waals surface area contributed by atoms with Gasteiger partial charge in [-0.25, -0.2) is 8.42 Å². The number of rotatable bonds is 9. The van der Waals surface area contributed by atoms with E-state index >= 15 is 0 Å². The second kappa shape index (κ2) is 14.1. The van der Waals surface area contributed by atoms with E-state index in [-0.39, 0.29) is 68.4 Å². The Bertz CT molecular complexity index is 1620. The molecule has 2 aromatic carbocycles. The highest BCUT2D eigenvalue weighted by Gasteiger charge is 2.45. The number of hydrogen-bond acceptors (Lipinski definition) is 8. The van der Waals surface area contributed by atoms with Gasteiger partial charge in [-0.15, -0.1) is 12.4 Å². The van der Waals surface area contributed by atoms with Gasteiger partial charge in [-0.05, 0) is 60.0 Å². The van der Waals surface area contributed by atoms with E-state index in [1.165, 1.54) is 17.3 Å². The number of halogens is 2. The fourth-order valence-electron chi connectivity index (χ4n) is 5.68. The lowest BCUT2D eigenvalue weighted by molar-refractivity contribution is -0.144. The average molecular weight is 665 g/mol. The molecule has 2 amide bonds. The SMILES string of the molecule is CC(=O)OCCNC(=O)C1(CN2CCN(S(=O)(=O)c3ccc4cc(Cl)ccc4c3)CC2=O)CCN(c2ccncc2)CC1.Cl. The predicted molar refractivity (Wildman–Crippen MR) is 169 cm³/mol. The maximum Gasteiger partial charge on any atom is 0.302 e. The molecule has 3 heterocycles. The van der Waals surface area contributed by atoms with Crippen LogP contribution in [-0.2, 0) is 29.1 Å². The zero-order valence-corrected chi connectivity index (χ0v) is 26.7. The fourth-order valence-corrected chi connectivity index (χ4v) is 7.28. The number of amides is 2. The first-order valence-corrected chi connectivity index (χ1v) is 15.9. The normalized spacial score (nSPS) is 17.2. The first-order valence-electron chi connectivity index (χ1n) is 14.1. The van der Waals surface area contributed by atoms with Gasteiger partial charge in [0.1, 0.15) is 6.61 Å². The molecule has 2 saturated heterocycles. The number of fused-ring (bicyclic) bond motifs is 1. The van der Waals surface area contributed by atoms with Crippen LogP contribution in [0.2, 0.25) is 5.02 Å². The molecule has 0 saturated carbocycles. The Morgan fingerprint density at radius 1 is 1.00 bits per heavy atom. The summed E-state index contributed by atoms with van der Waals surface area (Å²) in [5.74, 6) is -1.000. The smallest absolute Gasteiger partial charge is 0.302 e. The summed E-state index contributed by atoms with van der Waals surface area (Å²) in [5.41, 5.74) is 0.126. The van der Waals surface area contributed by atoms with Gasteiger partial charge in [-0.2, -0.15) is 4.31 Å². The highest BCUT2D eigenvalue weighted by molar-refractivity contribution is 7.89. The van der Waals surface area contributed by atoms with E-state index < -0.39 is 21.4 Å². The molecule has 236 valence electrons. The Morgan fingerprint density at radius 2 is 1.68 bits per heavy atom. The summed E-state index contributed by atoms with van der Waals surface area (Å²) < 4.78 is 33.2. The molecule has 11 nitrogen and oxygen atoms in total. The first-order chi connectivity index (χ1) is 20.6. The van der Waals surface area contributed by atoms with Crippen molar-refractivity contribution < 1.29 is 27.5 Å². The molecule has 1 aromatic heterocycles. The second-order valence-corrected chi connectivity index (χ2v) is 13.3. The van der Waals surface area contributed by atoms with Gasteiger partial charge in [0, 0.05) is 62.8 Å². The summed E-state index contributed by atoms with van der Waals surface area (Å²) in [6.45, 7) is 2.84. The molecular formula is C30H35Cl2N5O6S. The predicted octanol–water partition coefficient (Wildman–Crippen LogP) is 3.11. The highest BCUT2D eigenvalue weighted by Crippen LogP contribution is 2.35. The Morgan fingerprint density at radius 3 is 2.36 bits per heavy atom. The van der Waals surface area contributed by atoms with Gasteiger partial charge in [0.05, 0.1) is 23.4 Å². The maximum absolute atomic E-state index is 13.6. The average Bonchev–Trinajstić information content (AvgIpc) is 3.00. The number of carbonyl (C=O) groups is 3. The minimum absolute atomic E-state index is 0. The summed E-state index contributed by atoms with van der Waals surface area (Å²) >= 11 is 6.06. The van der Waals surface area contributed by atoms with E-state index in [2.05, 4.69) is 15.2 Å². The van der Waals surface area contributed by atoms with Crippen LogP contribution < -0.4 is 10.2 Å². The third-order valence-electron chi connectivity index (χ3n) is 8.11. The molecule has 14 heteroatoms. The summed E-state index contributed by atoms with van der Waals surface area (Å²) in [5, 5.41) is 4.99. The van der Waals surface area contributed by atoms with Crippen LogP contribution in [0.4, 0.5) is 5.69 Å². The summed E-state index contributed by atoms with van der Waals surface area (Å²) in [6, 6.07) is 13.9. The number of carbonyl (C=O) groups excluding carboxylic acids is 3. The van der Waals surface area contributed by atoms with E-state index in [9.17, 15) is 22.8 Å². The van der Waals surface area contributed by atoms with E-state index in [1.54, 1.807) is 47.6 Å². The molecule has 0 spiro atoms. The van der Waals surface area contributed by atoms with E-state index in [4.69, 9.17) is 16.3 Å². The topological polar surface area (TPSA) is 129 Å². The van der Waals surface area contributed by atoms with E-state index in [1.807, 2.05) is 12.1 Å².